The minimum absolute atomic E-state index is 0.140. The summed E-state index contributed by atoms with van der Waals surface area (Å²) in [6.45, 7) is 2.99. The molecule has 2 unspecified atom stereocenters. The lowest BCUT2D eigenvalue weighted by atomic mass is 10.00. The predicted molar refractivity (Wildman–Crippen MR) is 62.2 cm³/mol. The smallest absolute Gasteiger partial charge is 0.380 e. The topological polar surface area (TPSA) is 21.3 Å². The Morgan fingerprint density at radius 2 is 2.06 bits per heavy atom. The fraction of sp³-hybridized carbons (Fsp3) is 0.538. The van der Waals surface area contributed by atoms with Gasteiger partial charge in [0.25, 0.3) is 0 Å². The van der Waals surface area contributed by atoms with Crippen LogP contribution in [0.3, 0.4) is 0 Å². The van der Waals surface area contributed by atoms with Gasteiger partial charge in [0, 0.05) is 18.7 Å². The fourth-order valence-corrected chi connectivity index (χ4v) is 2.24. The van der Waals surface area contributed by atoms with E-state index in [2.05, 4.69) is 5.32 Å². The van der Waals surface area contributed by atoms with Crippen molar-refractivity contribution >= 4 is 0 Å². The summed E-state index contributed by atoms with van der Waals surface area (Å²) >= 11 is 0. The fourth-order valence-electron chi connectivity index (χ4n) is 2.24. The Kier molecular flexibility index (Phi) is 3.92. The van der Waals surface area contributed by atoms with Crippen molar-refractivity contribution in [2.45, 2.75) is 31.6 Å². The standard InChI is InChI=1S/C13H16F3NO/c1-9(17-10-6-7-18-8-10)11-4-2-3-5-12(11)13(14,15)16/h2-5,9-10,17H,6-8H2,1H3. The van der Waals surface area contributed by atoms with Crippen LogP contribution in [0.1, 0.15) is 30.5 Å². The Labute approximate surface area is 104 Å². The monoisotopic (exact) mass is 259 g/mol. The van der Waals surface area contributed by atoms with Crippen LogP contribution in [0.4, 0.5) is 13.2 Å². The zero-order valence-electron chi connectivity index (χ0n) is 10.1. The maximum absolute atomic E-state index is 12.9. The molecule has 0 aliphatic carbocycles. The molecule has 2 rings (SSSR count). The van der Waals surface area contributed by atoms with Crippen molar-refractivity contribution in [1.82, 2.24) is 5.32 Å². The lowest BCUT2D eigenvalue weighted by molar-refractivity contribution is -0.138. The Morgan fingerprint density at radius 3 is 2.67 bits per heavy atom. The second-order valence-electron chi connectivity index (χ2n) is 4.53. The quantitative estimate of drug-likeness (QED) is 0.900. The van der Waals surface area contributed by atoms with Gasteiger partial charge in [0.15, 0.2) is 0 Å². The molecule has 1 saturated heterocycles. The van der Waals surface area contributed by atoms with Crippen LogP contribution in [0.2, 0.25) is 0 Å². The second-order valence-corrected chi connectivity index (χ2v) is 4.53. The zero-order chi connectivity index (χ0) is 13.2. The number of hydrogen-bond acceptors (Lipinski definition) is 2. The molecule has 1 heterocycles. The molecule has 1 N–H and O–H groups in total. The van der Waals surface area contributed by atoms with Gasteiger partial charge >= 0.3 is 6.18 Å². The van der Waals surface area contributed by atoms with Crippen LogP contribution in [0.15, 0.2) is 24.3 Å². The molecule has 0 radical (unpaired) electrons. The molecule has 2 atom stereocenters. The highest BCUT2D eigenvalue weighted by Crippen LogP contribution is 2.34. The molecule has 100 valence electrons. The number of benzene rings is 1. The van der Waals surface area contributed by atoms with Crippen LogP contribution in [0, 0.1) is 0 Å². The van der Waals surface area contributed by atoms with Gasteiger partial charge in [0.2, 0.25) is 0 Å². The van der Waals surface area contributed by atoms with Crippen LogP contribution in [0.25, 0.3) is 0 Å². The summed E-state index contributed by atoms with van der Waals surface area (Å²) in [4.78, 5) is 0. The zero-order valence-corrected chi connectivity index (χ0v) is 10.1. The van der Waals surface area contributed by atoms with E-state index >= 15 is 0 Å². The molecular formula is C13H16F3NO. The van der Waals surface area contributed by atoms with E-state index in [-0.39, 0.29) is 17.6 Å². The molecule has 0 amide bonds. The average Bonchev–Trinajstić information content (AvgIpc) is 2.80. The summed E-state index contributed by atoms with van der Waals surface area (Å²) in [6, 6.07) is 5.50. The number of halogens is 3. The van der Waals surface area contributed by atoms with Crippen molar-refractivity contribution in [1.29, 1.82) is 0 Å². The summed E-state index contributed by atoms with van der Waals surface area (Å²) in [6.07, 6.45) is -3.46. The molecule has 0 aromatic heterocycles. The van der Waals surface area contributed by atoms with E-state index in [4.69, 9.17) is 4.74 Å². The van der Waals surface area contributed by atoms with Gasteiger partial charge in [0.1, 0.15) is 0 Å². The third-order valence-corrected chi connectivity index (χ3v) is 3.15. The molecule has 2 nitrogen and oxygen atoms in total. The summed E-state index contributed by atoms with van der Waals surface area (Å²) < 4.78 is 43.8. The SMILES string of the molecule is CC(NC1CCOC1)c1ccccc1C(F)(F)F. The Bertz CT molecular complexity index is 399. The number of nitrogens with one attached hydrogen (secondary N) is 1. The van der Waals surface area contributed by atoms with Crippen molar-refractivity contribution in [3.63, 3.8) is 0 Å². The van der Waals surface area contributed by atoms with Crippen LogP contribution in [-0.4, -0.2) is 19.3 Å². The van der Waals surface area contributed by atoms with Crippen molar-refractivity contribution in [2.24, 2.45) is 0 Å². The molecule has 1 aromatic rings. The van der Waals surface area contributed by atoms with Crippen LogP contribution in [-0.2, 0) is 10.9 Å². The highest BCUT2D eigenvalue weighted by molar-refractivity contribution is 5.32. The number of alkyl halides is 3. The first-order valence-corrected chi connectivity index (χ1v) is 5.98. The summed E-state index contributed by atoms with van der Waals surface area (Å²) in [5.74, 6) is 0. The van der Waals surface area contributed by atoms with Gasteiger partial charge in [0.05, 0.1) is 12.2 Å². The number of rotatable bonds is 3. The number of ether oxygens (including phenoxy) is 1. The van der Waals surface area contributed by atoms with E-state index in [1.165, 1.54) is 12.1 Å². The molecule has 1 aliphatic rings. The lowest BCUT2D eigenvalue weighted by Gasteiger charge is -2.22. The van der Waals surface area contributed by atoms with Gasteiger partial charge in [-0.1, -0.05) is 18.2 Å². The van der Waals surface area contributed by atoms with Gasteiger partial charge in [-0.05, 0) is 25.0 Å². The molecule has 1 fully saturated rings. The largest absolute Gasteiger partial charge is 0.416 e. The van der Waals surface area contributed by atoms with Crippen LogP contribution < -0.4 is 5.32 Å². The van der Waals surface area contributed by atoms with E-state index in [9.17, 15) is 13.2 Å². The minimum Gasteiger partial charge on any atom is -0.380 e. The highest BCUT2D eigenvalue weighted by atomic mass is 19.4. The van der Waals surface area contributed by atoms with Crippen molar-refractivity contribution in [2.75, 3.05) is 13.2 Å². The first-order chi connectivity index (χ1) is 8.48. The van der Waals surface area contributed by atoms with E-state index in [0.29, 0.717) is 13.2 Å². The Morgan fingerprint density at radius 1 is 1.33 bits per heavy atom. The van der Waals surface area contributed by atoms with E-state index < -0.39 is 11.7 Å². The molecule has 1 aromatic carbocycles. The Balaban J connectivity index is 2.16. The van der Waals surface area contributed by atoms with Gasteiger partial charge in [-0.2, -0.15) is 13.2 Å². The van der Waals surface area contributed by atoms with Crippen molar-refractivity contribution in [3.8, 4) is 0 Å². The summed E-state index contributed by atoms with van der Waals surface area (Å²) in [5.41, 5.74) is -0.277. The molecule has 0 bridgehead atoms. The first-order valence-electron chi connectivity index (χ1n) is 5.98. The van der Waals surface area contributed by atoms with Crippen molar-refractivity contribution < 1.29 is 17.9 Å². The third kappa shape index (κ3) is 3.03. The lowest BCUT2D eigenvalue weighted by Crippen LogP contribution is -2.32. The third-order valence-electron chi connectivity index (χ3n) is 3.15. The predicted octanol–water partition coefficient (Wildman–Crippen LogP) is 3.14. The summed E-state index contributed by atoms with van der Waals surface area (Å²) in [5, 5.41) is 3.18. The van der Waals surface area contributed by atoms with Crippen LogP contribution in [0.5, 0.6) is 0 Å². The van der Waals surface area contributed by atoms with Gasteiger partial charge in [-0.3, -0.25) is 0 Å². The molecular weight excluding hydrogens is 243 g/mol. The number of hydrogen-bond donors (Lipinski definition) is 1. The van der Waals surface area contributed by atoms with Gasteiger partial charge in [-0.15, -0.1) is 0 Å². The molecule has 0 saturated carbocycles. The maximum Gasteiger partial charge on any atom is 0.416 e. The molecule has 5 heteroatoms. The molecule has 18 heavy (non-hydrogen) atoms. The van der Waals surface area contributed by atoms with Gasteiger partial charge < -0.3 is 10.1 Å². The molecule has 1 aliphatic heterocycles. The van der Waals surface area contributed by atoms with E-state index in [0.717, 1.165) is 12.5 Å². The molecule has 0 spiro atoms. The normalized spacial score (nSPS) is 22.1. The highest BCUT2D eigenvalue weighted by Gasteiger charge is 2.34. The van der Waals surface area contributed by atoms with Gasteiger partial charge in [-0.25, -0.2) is 0 Å². The summed E-state index contributed by atoms with van der Waals surface area (Å²) in [7, 11) is 0. The maximum atomic E-state index is 12.9. The van der Waals surface area contributed by atoms with Crippen molar-refractivity contribution in [3.05, 3.63) is 35.4 Å². The minimum atomic E-state index is -4.31. The second kappa shape index (κ2) is 5.28. The Hall–Kier alpha value is -1.07. The van der Waals surface area contributed by atoms with E-state index in [1.54, 1.807) is 13.0 Å². The van der Waals surface area contributed by atoms with Crippen LogP contribution >= 0.6 is 0 Å². The first kappa shape index (κ1) is 13.4. The van der Waals surface area contributed by atoms with E-state index in [1.807, 2.05) is 0 Å². The average molecular weight is 259 g/mol.